The number of nitrogens with two attached hydrogens (primary N) is 2. The summed E-state index contributed by atoms with van der Waals surface area (Å²) in [4.78, 5) is 13.3. The van der Waals surface area contributed by atoms with Crippen molar-refractivity contribution in [3.63, 3.8) is 0 Å². The van der Waals surface area contributed by atoms with Crippen LogP contribution in [0.4, 0.5) is 11.4 Å². The maximum atomic E-state index is 11.0. The van der Waals surface area contributed by atoms with E-state index in [2.05, 4.69) is 10.2 Å². The Balaban J connectivity index is 2.15. The standard InChI is InChI=1S/C12H18N4O/c13-9-1-3-10(4-2-9)16-6-5-15-8-11(16)7-12(14)17/h1-4,11,15H,5-8,13H2,(H2,14,17). The monoisotopic (exact) mass is 234 g/mol. The number of carbonyl (C=O) groups excluding carboxylic acids is 1. The second kappa shape index (κ2) is 5.05. The van der Waals surface area contributed by atoms with Crippen LogP contribution in [0.3, 0.4) is 0 Å². The lowest BCUT2D eigenvalue weighted by atomic mass is 10.1. The summed E-state index contributed by atoms with van der Waals surface area (Å²) < 4.78 is 0. The highest BCUT2D eigenvalue weighted by Crippen LogP contribution is 2.21. The van der Waals surface area contributed by atoms with Crippen LogP contribution in [0.1, 0.15) is 6.42 Å². The molecule has 5 nitrogen and oxygen atoms in total. The molecule has 1 aliphatic rings. The largest absolute Gasteiger partial charge is 0.399 e. The van der Waals surface area contributed by atoms with Crippen molar-refractivity contribution in [2.24, 2.45) is 5.73 Å². The summed E-state index contributed by atoms with van der Waals surface area (Å²) in [5.74, 6) is -0.265. The smallest absolute Gasteiger partial charge is 0.219 e. The van der Waals surface area contributed by atoms with Gasteiger partial charge in [0, 0.05) is 37.4 Å². The molecule has 1 amide bonds. The quantitative estimate of drug-likeness (QED) is 0.639. The predicted molar refractivity (Wildman–Crippen MR) is 68.7 cm³/mol. The first-order valence-electron chi connectivity index (χ1n) is 5.78. The molecule has 1 aromatic carbocycles. The number of anilines is 2. The van der Waals surface area contributed by atoms with Gasteiger partial charge in [0.25, 0.3) is 0 Å². The number of benzene rings is 1. The highest BCUT2D eigenvalue weighted by molar-refractivity contribution is 5.75. The van der Waals surface area contributed by atoms with Gasteiger partial charge in [-0.25, -0.2) is 0 Å². The molecule has 2 rings (SSSR count). The first-order chi connectivity index (χ1) is 8.16. The molecule has 5 heteroatoms. The number of nitrogen functional groups attached to an aromatic ring is 1. The normalized spacial score (nSPS) is 20.2. The summed E-state index contributed by atoms with van der Waals surface area (Å²) in [6, 6.07) is 7.84. The molecule has 5 N–H and O–H groups in total. The van der Waals surface area contributed by atoms with Crippen molar-refractivity contribution >= 4 is 17.3 Å². The minimum absolute atomic E-state index is 0.130. The molecule has 92 valence electrons. The van der Waals surface area contributed by atoms with Crippen molar-refractivity contribution in [2.45, 2.75) is 12.5 Å². The average Bonchev–Trinajstić information content (AvgIpc) is 2.30. The second-order valence-corrected chi connectivity index (χ2v) is 4.31. The fourth-order valence-electron chi connectivity index (χ4n) is 2.18. The van der Waals surface area contributed by atoms with Crippen LogP contribution >= 0.6 is 0 Å². The van der Waals surface area contributed by atoms with E-state index in [9.17, 15) is 4.79 Å². The fraction of sp³-hybridized carbons (Fsp3) is 0.417. The first-order valence-corrected chi connectivity index (χ1v) is 5.78. The average molecular weight is 234 g/mol. The number of hydrogen-bond acceptors (Lipinski definition) is 4. The van der Waals surface area contributed by atoms with Crippen molar-refractivity contribution in [1.82, 2.24) is 5.32 Å². The zero-order valence-electron chi connectivity index (χ0n) is 9.73. The van der Waals surface area contributed by atoms with E-state index in [1.807, 2.05) is 24.3 Å². The molecular formula is C12H18N4O. The number of hydrogen-bond donors (Lipinski definition) is 3. The van der Waals surface area contributed by atoms with Gasteiger partial charge in [-0.3, -0.25) is 4.79 Å². The highest BCUT2D eigenvalue weighted by atomic mass is 16.1. The summed E-state index contributed by atoms with van der Waals surface area (Å²) >= 11 is 0. The van der Waals surface area contributed by atoms with E-state index in [-0.39, 0.29) is 11.9 Å². The molecule has 0 radical (unpaired) electrons. The molecule has 17 heavy (non-hydrogen) atoms. The van der Waals surface area contributed by atoms with Gasteiger partial charge in [-0.05, 0) is 24.3 Å². The van der Waals surface area contributed by atoms with Gasteiger partial charge in [0.15, 0.2) is 0 Å². The minimum Gasteiger partial charge on any atom is -0.399 e. The predicted octanol–water partition coefficient (Wildman–Crippen LogP) is -0.0776. The van der Waals surface area contributed by atoms with E-state index in [0.717, 1.165) is 31.0 Å². The van der Waals surface area contributed by atoms with Crippen LogP contribution in [0.2, 0.25) is 0 Å². The summed E-state index contributed by atoms with van der Waals surface area (Å²) in [5, 5.41) is 3.28. The molecule has 1 aromatic rings. The lowest BCUT2D eigenvalue weighted by Crippen LogP contribution is -2.52. The summed E-state index contributed by atoms with van der Waals surface area (Å²) in [5.41, 5.74) is 12.8. The van der Waals surface area contributed by atoms with E-state index in [0.29, 0.717) is 6.42 Å². The number of carbonyl (C=O) groups is 1. The molecule has 1 unspecified atom stereocenters. The Morgan fingerprint density at radius 3 is 2.76 bits per heavy atom. The van der Waals surface area contributed by atoms with Crippen molar-refractivity contribution in [1.29, 1.82) is 0 Å². The van der Waals surface area contributed by atoms with E-state index in [1.165, 1.54) is 0 Å². The SMILES string of the molecule is NC(=O)CC1CNCCN1c1ccc(N)cc1. The number of rotatable bonds is 3. The van der Waals surface area contributed by atoms with Crippen molar-refractivity contribution < 1.29 is 4.79 Å². The Bertz CT molecular complexity index is 390. The lowest BCUT2D eigenvalue weighted by Gasteiger charge is -2.37. The Hall–Kier alpha value is -1.75. The number of piperazine rings is 1. The van der Waals surface area contributed by atoms with Crippen LogP contribution in [0.5, 0.6) is 0 Å². The molecular weight excluding hydrogens is 216 g/mol. The number of amides is 1. The van der Waals surface area contributed by atoms with Gasteiger partial charge in [-0.15, -0.1) is 0 Å². The molecule has 1 heterocycles. The maximum Gasteiger partial charge on any atom is 0.219 e. The Labute approximate surface area is 101 Å². The zero-order valence-corrected chi connectivity index (χ0v) is 9.73. The van der Waals surface area contributed by atoms with Crippen LogP contribution in [-0.4, -0.2) is 31.6 Å². The van der Waals surface area contributed by atoms with E-state index in [1.54, 1.807) is 0 Å². The van der Waals surface area contributed by atoms with Crippen molar-refractivity contribution in [3.05, 3.63) is 24.3 Å². The number of nitrogens with zero attached hydrogens (tertiary/aromatic N) is 1. The Morgan fingerprint density at radius 1 is 1.41 bits per heavy atom. The summed E-state index contributed by atoms with van der Waals surface area (Å²) in [7, 11) is 0. The molecule has 0 aromatic heterocycles. The summed E-state index contributed by atoms with van der Waals surface area (Å²) in [6.07, 6.45) is 0.372. The zero-order chi connectivity index (χ0) is 12.3. The van der Waals surface area contributed by atoms with Crippen LogP contribution in [0, 0.1) is 0 Å². The molecule has 0 spiro atoms. The molecule has 1 aliphatic heterocycles. The molecule has 0 aliphatic carbocycles. The third-order valence-corrected chi connectivity index (χ3v) is 3.01. The van der Waals surface area contributed by atoms with Crippen molar-refractivity contribution in [2.75, 3.05) is 30.3 Å². The van der Waals surface area contributed by atoms with E-state index >= 15 is 0 Å². The third-order valence-electron chi connectivity index (χ3n) is 3.01. The number of primary amides is 1. The van der Waals surface area contributed by atoms with Crippen molar-refractivity contribution in [3.8, 4) is 0 Å². The Morgan fingerprint density at radius 2 is 2.12 bits per heavy atom. The molecule has 0 saturated carbocycles. The number of nitrogens with one attached hydrogen (secondary N) is 1. The second-order valence-electron chi connectivity index (χ2n) is 4.31. The van der Waals surface area contributed by atoms with Gasteiger partial charge in [0.2, 0.25) is 5.91 Å². The van der Waals surface area contributed by atoms with Crippen LogP contribution < -0.4 is 21.7 Å². The van der Waals surface area contributed by atoms with Gasteiger partial charge in [-0.2, -0.15) is 0 Å². The van der Waals surface area contributed by atoms with E-state index < -0.39 is 0 Å². The highest BCUT2D eigenvalue weighted by Gasteiger charge is 2.23. The maximum absolute atomic E-state index is 11.0. The summed E-state index contributed by atoms with van der Waals surface area (Å²) in [6.45, 7) is 2.58. The third kappa shape index (κ3) is 2.88. The first kappa shape index (κ1) is 11.7. The van der Waals surface area contributed by atoms with E-state index in [4.69, 9.17) is 11.5 Å². The van der Waals surface area contributed by atoms with Crippen LogP contribution in [0.15, 0.2) is 24.3 Å². The molecule has 1 saturated heterocycles. The van der Waals surface area contributed by atoms with Gasteiger partial charge in [0.05, 0.1) is 6.04 Å². The minimum atomic E-state index is -0.265. The topological polar surface area (TPSA) is 84.4 Å². The molecule has 1 atom stereocenters. The van der Waals surface area contributed by atoms with Gasteiger partial charge in [-0.1, -0.05) is 0 Å². The fourth-order valence-corrected chi connectivity index (χ4v) is 2.18. The van der Waals surface area contributed by atoms with Crippen LogP contribution in [-0.2, 0) is 4.79 Å². The molecule has 1 fully saturated rings. The van der Waals surface area contributed by atoms with Gasteiger partial charge >= 0.3 is 0 Å². The lowest BCUT2D eigenvalue weighted by molar-refractivity contribution is -0.118. The Kier molecular flexibility index (Phi) is 3.49. The van der Waals surface area contributed by atoms with Crippen LogP contribution in [0.25, 0.3) is 0 Å². The van der Waals surface area contributed by atoms with Gasteiger partial charge in [0.1, 0.15) is 0 Å². The molecule has 0 bridgehead atoms. The van der Waals surface area contributed by atoms with Gasteiger partial charge < -0.3 is 21.7 Å².